The van der Waals surface area contributed by atoms with Crippen LogP contribution in [0.3, 0.4) is 0 Å². The fourth-order valence-electron chi connectivity index (χ4n) is 3.26. The van der Waals surface area contributed by atoms with Crippen molar-refractivity contribution in [2.45, 2.75) is 57.2 Å². The SMILES string of the molecule is CC1(O)CC(O)C1C1CCCCC1. The number of rotatable bonds is 1. The minimum absolute atomic E-state index is 0.160. The minimum atomic E-state index is -0.582. The van der Waals surface area contributed by atoms with E-state index in [-0.39, 0.29) is 12.0 Å². The van der Waals surface area contributed by atoms with Gasteiger partial charge in [-0.05, 0) is 25.7 Å². The lowest BCUT2D eigenvalue weighted by Gasteiger charge is -2.52. The summed E-state index contributed by atoms with van der Waals surface area (Å²) in [6, 6.07) is 0. The smallest absolute Gasteiger partial charge is 0.0699 e. The molecule has 0 aliphatic heterocycles. The Morgan fingerprint density at radius 3 is 2.23 bits per heavy atom. The van der Waals surface area contributed by atoms with Gasteiger partial charge in [0.05, 0.1) is 11.7 Å². The van der Waals surface area contributed by atoms with E-state index in [1.54, 1.807) is 0 Å². The summed E-state index contributed by atoms with van der Waals surface area (Å²) in [4.78, 5) is 0. The molecular weight excluding hydrogens is 164 g/mol. The normalized spacial score (nSPS) is 47.3. The van der Waals surface area contributed by atoms with Crippen molar-refractivity contribution < 1.29 is 10.2 Å². The molecule has 0 aromatic heterocycles. The minimum Gasteiger partial charge on any atom is -0.393 e. The second-order valence-corrected chi connectivity index (χ2v) is 5.05. The van der Waals surface area contributed by atoms with Crippen LogP contribution >= 0.6 is 0 Å². The Bertz CT molecular complexity index is 183. The monoisotopic (exact) mass is 184 g/mol. The van der Waals surface area contributed by atoms with E-state index in [4.69, 9.17) is 0 Å². The van der Waals surface area contributed by atoms with Crippen LogP contribution in [-0.2, 0) is 0 Å². The van der Waals surface area contributed by atoms with E-state index >= 15 is 0 Å². The molecule has 0 heterocycles. The van der Waals surface area contributed by atoms with Crippen LogP contribution in [0.25, 0.3) is 0 Å². The molecule has 2 N–H and O–H groups in total. The molecule has 2 aliphatic carbocycles. The molecule has 0 aromatic carbocycles. The van der Waals surface area contributed by atoms with Gasteiger partial charge in [-0.25, -0.2) is 0 Å². The van der Waals surface area contributed by atoms with Crippen molar-refractivity contribution in [2.24, 2.45) is 11.8 Å². The molecule has 2 rings (SSSR count). The van der Waals surface area contributed by atoms with Crippen LogP contribution in [0.2, 0.25) is 0 Å². The van der Waals surface area contributed by atoms with Crippen molar-refractivity contribution in [1.82, 2.24) is 0 Å². The van der Waals surface area contributed by atoms with Gasteiger partial charge >= 0.3 is 0 Å². The van der Waals surface area contributed by atoms with Crippen molar-refractivity contribution in [3.8, 4) is 0 Å². The summed E-state index contributed by atoms with van der Waals surface area (Å²) < 4.78 is 0. The Kier molecular flexibility index (Phi) is 2.37. The van der Waals surface area contributed by atoms with Gasteiger partial charge in [-0.3, -0.25) is 0 Å². The first-order chi connectivity index (χ1) is 6.11. The molecule has 0 spiro atoms. The third-order valence-electron chi connectivity index (χ3n) is 3.91. The summed E-state index contributed by atoms with van der Waals surface area (Å²) in [6.07, 6.45) is 6.65. The second-order valence-electron chi connectivity index (χ2n) is 5.05. The van der Waals surface area contributed by atoms with Gasteiger partial charge < -0.3 is 10.2 Å². The summed E-state index contributed by atoms with van der Waals surface area (Å²) in [6.45, 7) is 1.87. The first-order valence-corrected chi connectivity index (χ1v) is 5.52. The predicted octanol–water partition coefficient (Wildman–Crippen LogP) is 1.70. The molecule has 2 saturated carbocycles. The molecule has 2 fully saturated rings. The van der Waals surface area contributed by atoms with Gasteiger partial charge in [0.25, 0.3) is 0 Å². The van der Waals surface area contributed by atoms with Gasteiger partial charge in [-0.1, -0.05) is 19.3 Å². The summed E-state index contributed by atoms with van der Waals surface area (Å²) in [5, 5.41) is 19.6. The van der Waals surface area contributed by atoms with Crippen molar-refractivity contribution in [2.75, 3.05) is 0 Å². The molecule has 2 aliphatic rings. The average molecular weight is 184 g/mol. The molecule has 0 bridgehead atoms. The largest absolute Gasteiger partial charge is 0.393 e. The highest BCUT2D eigenvalue weighted by Crippen LogP contribution is 2.47. The van der Waals surface area contributed by atoms with Crippen LogP contribution in [-0.4, -0.2) is 21.9 Å². The molecule has 76 valence electrons. The standard InChI is InChI=1S/C11H20O2/c1-11(13)7-9(12)10(11)8-5-3-2-4-6-8/h8-10,12-13H,2-7H2,1H3. The van der Waals surface area contributed by atoms with Gasteiger partial charge in [0.2, 0.25) is 0 Å². The van der Waals surface area contributed by atoms with E-state index < -0.39 is 5.60 Å². The molecule has 2 nitrogen and oxygen atoms in total. The highest BCUT2D eigenvalue weighted by atomic mass is 16.3. The van der Waals surface area contributed by atoms with E-state index in [9.17, 15) is 10.2 Å². The molecule has 3 unspecified atom stereocenters. The highest BCUT2D eigenvalue weighted by molar-refractivity contribution is 5.02. The van der Waals surface area contributed by atoms with E-state index in [1.165, 1.54) is 32.1 Å². The molecule has 0 radical (unpaired) electrons. The third kappa shape index (κ3) is 1.62. The van der Waals surface area contributed by atoms with Crippen LogP contribution in [0.1, 0.15) is 45.4 Å². The highest BCUT2D eigenvalue weighted by Gasteiger charge is 2.52. The molecule has 0 saturated heterocycles. The Labute approximate surface area is 80.0 Å². The van der Waals surface area contributed by atoms with Crippen LogP contribution in [0.4, 0.5) is 0 Å². The average Bonchev–Trinajstić information content (AvgIpc) is 2.04. The zero-order valence-corrected chi connectivity index (χ0v) is 8.37. The quantitative estimate of drug-likeness (QED) is 0.651. The maximum absolute atomic E-state index is 9.94. The lowest BCUT2D eigenvalue weighted by atomic mass is 9.59. The Balaban J connectivity index is 1.98. The fourth-order valence-corrected chi connectivity index (χ4v) is 3.26. The summed E-state index contributed by atoms with van der Waals surface area (Å²) >= 11 is 0. The molecule has 13 heavy (non-hydrogen) atoms. The first-order valence-electron chi connectivity index (χ1n) is 5.52. The topological polar surface area (TPSA) is 40.5 Å². The van der Waals surface area contributed by atoms with Gasteiger partial charge in [0.15, 0.2) is 0 Å². The lowest BCUT2D eigenvalue weighted by molar-refractivity contribution is -0.187. The number of aliphatic hydroxyl groups is 2. The maximum atomic E-state index is 9.94. The first kappa shape index (κ1) is 9.47. The maximum Gasteiger partial charge on any atom is 0.0699 e. The van der Waals surface area contributed by atoms with E-state index in [0.29, 0.717) is 12.3 Å². The Hall–Kier alpha value is -0.0800. The van der Waals surface area contributed by atoms with Crippen LogP contribution < -0.4 is 0 Å². The van der Waals surface area contributed by atoms with E-state index in [1.807, 2.05) is 6.92 Å². The van der Waals surface area contributed by atoms with Crippen molar-refractivity contribution >= 4 is 0 Å². The molecule has 0 amide bonds. The summed E-state index contributed by atoms with van der Waals surface area (Å²) in [5.41, 5.74) is -0.582. The number of hydrogen-bond acceptors (Lipinski definition) is 2. The summed E-state index contributed by atoms with van der Waals surface area (Å²) in [7, 11) is 0. The molecule has 0 aromatic rings. The number of aliphatic hydroxyl groups excluding tert-OH is 1. The molecule has 2 heteroatoms. The lowest BCUT2D eigenvalue weighted by Crippen LogP contribution is -2.58. The van der Waals surface area contributed by atoms with E-state index in [2.05, 4.69) is 0 Å². The van der Waals surface area contributed by atoms with Crippen molar-refractivity contribution in [1.29, 1.82) is 0 Å². The van der Waals surface area contributed by atoms with Gasteiger partial charge in [-0.15, -0.1) is 0 Å². The number of hydrogen-bond donors (Lipinski definition) is 2. The zero-order chi connectivity index (χ0) is 9.47. The summed E-state index contributed by atoms with van der Waals surface area (Å²) in [5.74, 6) is 0.736. The third-order valence-corrected chi connectivity index (χ3v) is 3.91. The van der Waals surface area contributed by atoms with E-state index in [0.717, 1.165) is 0 Å². The Morgan fingerprint density at radius 2 is 1.77 bits per heavy atom. The van der Waals surface area contributed by atoms with Gasteiger partial charge in [0, 0.05) is 12.3 Å². The van der Waals surface area contributed by atoms with Crippen LogP contribution in [0.15, 0.2) is 0 Å². The van der Waals surface area contributed by atoms with Gasteiger partial charge in [-0.2, -0.15) is 0 Å². The fraction of sp³-hybridized carbons (Fsp3) is 1.00. The Morgan fingerprint density at radius 1 is 1.15 bits per heavy atom. The van der Waals surface area contributed by atoms with Gasteiger partial charge in [0.1, 0.15) is 0 Å². The van der Waals surface area contributed by atoms with Crippen molar-refractivity contribution in [3.63, 3.8) is 0 Å². The molecule has 3 atom stereocenters. The second kappa shape index (κ2) is 3.25. The zero-order valence-electron chi connectivity index (χ0n) is 8.37. The van der Waals surface area contributed by atoms with Crippen LogP contribution in [0.5, 0.6) is 0 Å². The van der Waals surface area contributed by atoms with Crippen molar-refractivity contribution in [3.05, 3.63) is 0 Å². The predicted molar refractivity (Wildman–Crippen MR) is 51.3 cm³/mol. The van der Waals surface area contributed by atoms with Crippen LogP contribution in [0, 0.1) is 11.8 Å². The molecular formula is C11H20O2.